The number of anilines is 2. The Kier molecular flexibility index (Phi) is 6.39. The number of piperazine rings is 1. The zero-order chi connectivity index (χ0) is 17.6. The Labute approximate surface area is 160 Å². The van der Waals surface area contributed by atoms with E-state index in [1.165, 1.54) is 23.1 Å². The molecule has 134 valence electrons. The second kappa shape index (κ2) is 8.73. The fourth-order valence-corrected chi connectivity index (χ4v) is 4.50. The van der Waals surface area contributed by atoms with Crippen LogP contribution in [-0.2, 0) is 4.79 Å². The number of nitrogens with one attached hydrogen (secondary N) is 1. The first-order chi connectivity index (χ1) is 12.2. The maximum absolute atomic E-state index is 12.4. The van der Waals surface area contributed by atoms with Crippen molar-refractivity contribution in [3.63, 3.8) is 0 Å². The number of hydrogen-bond acceptors (Lipinski definition) is 7. The highest BCUT2D eigenvalue weighted by atomic mass is 35.5. The molecule has 1 aromatic heterocycles. The number of halogens is 1. The van der Waals surface area contributed by atoms with E-state index < -0.39 is 0 Å². The third-order valence-electron chi connectivity index (χ3n) is 3.86. The van der Waals surface area contributed by atoms with Crippen LogP contribution in [0.15, 0.2) is 28.6 Å². The molecule has 0 bridgehead atoms. The number of nitrogens with zero attached hydrogens (tertiary/aromatic N) is 4. The average molecular weight is 398 g/mol. The lowest BCUT2D eigenvalue weighted by atomic mass is 10.2. The highest BCUT2D eigenvalue weighted by molar-refractivity contribution is 8.01. The maximum atomic E-state index is 12.4. The van der Waals surface area contributed by atoms with Gasteiger partial charge in [-0.25, -0.2) is 0 Å². The number of hydrogen-bond donors (Lipinski definition) is 1. The minimum atomic E-state index is 0.149. The molecule has 9 heteroatoms. The molecule has 1 saturated heterocycles. The Bertz CT molecular complexity index is 718. The molecule has 1 aromatic carbocycles. The summed E-state index contributed by atoms with van der Waals surface area (Å²) in [5, 5.41) is 12.8. The lowest BCUT2D eigenvalue weighted by molar-refractivity contribution is -0.128. The van der Waals surface area contributed by atoms with Gasteiger partial charge in [-0.3, -0.25) is 4.79 Å². The molecular formula is C16H20ClN5OS2. The number of rotatable bonds is 6. The van der Waals surface area contributed by atoms with Gasteiger partial charge in [-0.1, -0.05) is 40.8 Å². The van der Waals surface area contributed by atoms with Gasteiger partial charge in [-0.15, -0.1) is 10.2 Å². The van der Waals surface area contributed by atoms with Crippen LogP contribution in [0.2, 0.25) is 5.02 Å². The molecule has 25 heavy (non-hydrogen) atoms. The summed E-state index contributed by atoms with van der Waals surface area (Å²) in [6.07, 6.45) is 0. The smallest absolute Gasteiger partial charge is 0.233 e. The molecule has 2 heterocycles. The first-order valence-corrected chi connectivity index (χ1v) is 10.3. The monoisotopic (exact) mass is 397 g/mol. The van der Waals surface area contributed by atoms with Crippen molar-refractivity contribution in [2.24, 2.45) is 0 Å². The van der Waals surface area contributed by atoms with Gasteiger partial charge in [0.15, 0.2) is 4.34 Å². The van der Waals surface area contributed by atoms with Crippen molar-refractivity contribution in [3.8, 4) is 0 Å². The Morgan fingerprint density at radius 2 is 2.12 bits per heavy atom. The number of thioether (sulfide) groups is 1. The van der Waals surface area contributed by atoms with Crippen LogP contribution < -0.4 is 10.2 Å². The number of benzene rings is 1. The number of amides is 1. The first-order valence-electron chi connectivity index (χ1n) is 8.14. The van der Waals surface area contributed by atoms with Gasteiger partial charge in [-0.2, -0.15) is 0 Å². The minimum Gasteiger partial charge on any atom is -0.368 e. The normalized spacial score (nSPS) is 14.6. The zero-order valence-corrected chi connectivity index (χ0v) is 16.3. The second-order valence-corrected chi connectivity index (χ2v) is 8.18. The predicted octanol–water partition coefficient (Wildman–Crippen LogP) is 3.06. The molecule has 0 unspecified atom stereocenters. The van der Waals surface area contributed by atoms with Crippen molar-refractivity contribution in [2.45, 2.75) is 11.3 Å². The molecule has 2 aromatic rings. The van der Waals surface area contributed by atoms with E-state index in [-0.39, 0.29) is 5.91 Å². The lowest BCUT2D eigenvalue weighted by Gasteiger charge is -2.36. The molecule has 1 amide bonds. The van der Waals surface area contributed by atoms with Crippen LogP contribution in [-0.4, -0.2) is 59.5 Å². The third kappa shape index (κ3) is 4.99. The van der Waals surface area contributed by atoms with E-state index in [0.717, 1.165) is 52.9 Å². The molecule has 6 nitrogen and oxygen atoms in total. The van der Waals surface area contributed by atoms with Crippen molar-refractivity contribution in [3.05, 3.63) is 29.3 Å². The molecule has 0 spiro atoms. The summed E-state index contributed by atoms with van der Waals surface area (Å²) in [5.74, 6) is 0.550. The van der Waals surface area contributed by atoms with E-state index in [2.05, 4.69) is 26.5 Å². The van der Waals surface area contributed by atoms with Gasteiger partial charge in [0, 0.05) is 43.4 Å². The van der Waals surface area contributed by atoms with Crippen LogP contribution in [0.5, 0.6) is 0 Å². The Morgan fingerprint density at radius 3 is 2.84 bits per heavy atom. The number of carbonyl (C=O) groups excluding carboxylic acids is 1. The molecule has 1 aliphatic rings. The van der Waals surface area contributed by atoms with Crippen LogP contribution in [0.25, 0.3) is 0 Å². The molecule has 1 N–H and O–H groups in total. The summed E-state index contributed by atoms with van der Waals surface area (Å²) >= 11 is 8.99. The van der Waals surface area contributed by atoms with Gasteiger partial charge >= 0.3 is 0 Å². The highest BCUT2D eigenvalue weighted by Gasteiger charge is 2.21. The van der Waals surface area contributed by atoms with Crippen molar-refractivity contribution >= 4 is 51.4 Å². The number of aromatic nitrogens is 2. The van der Waals surface area contributed by atoms with Crippen LogP contribution in [0.3, 0.4) is 0 Å². The summed E-state index contributed by atoms with van der Waals surface area (Å²) < 4.78 is 0.821. The van der Waals surface area contributed by atoms with Crippen molar-refractivity contribution in [2.75, 3.05) is 48.7 Å². The Morgan fingerprint density at radius 1 is 1.32 bits per heavy atom. The largest absolute Gasteiger partial charge is 0.368 e. The van der Waals surface area contributed by atoms with Gasteiger partial charge in [-0.05, 0) is 25.1 Å². The quantitative estimate of drug-likeness (QED) is 0.756. The van der Waals surface area contributed by atoms with Gasteiger partial charge in [0.05, 0.1) is 5.75 Å². The van der Waals surface area contributed by atoms with Crippen LogP contribution in [0.1, 0.15) is 6.92 Å². The van der Waals surface area contributed by atoms with Crippen molar-refractivity contribution in [1.82, 2.24) is 15.1 Å². The summed E-state index contributed by atoms with van der Waals surface area (Å²) in [5.41, 5.74) is 1.11. The van der Waals surface area contributed by atoms with E-state index in [1.54, 1.807) is 0 Å². The number of carbonyl (C=O) groups is 1. The lowest BCUT2D eigenvalue weighted by Crippen LogP contribution is -2.49. The van der Waals surface area contributed by atoms with Crippen molar-refractivity contribution in [1.29, 1.82) is 0 Å². The van der Waals surface area contributed by atoms with E-state index in [1.807, 2.05) is 30.0 Å². The van der Waals surface area contributed by atoms with E-state index >= 15 is 0 Å². The average Bonchev–Trinajstić information content (AvgIpc) is 3.08. The Hall–Kier alpha value is -1.51. The molecule has 1 aliphatic heterocycles. The van der Waals surface area contributed by atoms with Crippen LogP contribution >= 0.6 is 34.7 Å². The topological polar surface area (TPSA) is 61.4 Å². The fourth-order valence-electron chi connectivity index (χ4n) is 2.59. The molecule has 1 fully saturated rings. The summed E-state index contributed by atoms with van der Waals surface area (Å²) in [4.78, 5) is 16.6. The summed E-state index contributed by atoms with van der Waals surface area (Å²) in [6, 6.07) is 7.84. The van der Waals surface area contributed by atoms with Crippen LogP contribution in [0, 0.1) is 0 Å². The van der Waals surface area contributed by atoms with E-state index in [9.17, 15) is 4.79 Å². The molecule has 0 aliphatic carbocycles. The SMILES string of the molecule is CCNc1nnc(SCC(=O)N2CCN(c3cccc(Cl)c3)CC2)s1. The van der Waals surface area contributed by atoms with Crippen molar-refractivity contribution < 1.29 is 4.79 Å². The minimum absolute atomic E-state index is 0.149. The fraction of sp³-hybridized carbons (Fsp3) is 0.438. The molecular weight excluding hydrogens is 378 g/mol. The highest BCUT2D eigenvalue weighted by Crippen LogP contribution is 2.26. The van der Waals surface area contributed by atoms with Gasteiger partial charge < -0.3 is 15.1 Å². The van der Waals surface area contributed by atoms with Crippen LogP contribution in [0.4, 0.5) is 10.8 Å². The molecule has 0 atom stereocenters. The van der Waals surface area contributed by atoms with E-state index in [0.29, 0.717) is 5.75 Å². The second-order valence-electron chi connectivity index (χ2n) is 5.54. The first kappa shape index (κ1) is 18.3. The van der Waals surface area contributed by atoms with Gasteiger partial charge in [0.2, 0.25) is 11.0 Å². The van der Waals surface area contributed by atoms with Gasteiger partial charge in [0.1, 0.15) is 0 Å². The zero-order valence-electron chi connectivity index (χ0n) is 13.9. The van der Waals surface area contributed by atoms with Gasteiger partial charge in [0.25, 0.3) is 0 Å². The van der Waals surface area contributed by atoms with E-state index in [4.69, 9.17) is 11.6 Å². The molecule has 0 radical (unpaired) electrons. The third-order valence-corrected chi connectivity index (χ3v) is 6.09. The predicted molar refractivity (Wildman–Crippen MR) is 105 cm³/mol. The molecule has 3 rings (SSSR count). The standard InChI is InChI=1S/C16H20ClN5OS2/c1-2-18-15-19-20-16(25-15)24-11-14(23)22-8-6-21(7-9-22)13-5-3-4-12(17)10-13/h3-5,10H,2,6-9,11H2,1H3,(H,18,19). The Balaban J connectivity index is 1.46. The summed E-state index contributed by atoms with van der Waals surface area (Å²) in [6.45, 7) is 5.92. The maximum Gasteiger partial charge on any atom is 0.233 e. The summed E-state index contributed by atoms with van der Waals surface area (Å²) in [7, 11) is 0. The molecule has 0 saturated carbocycles.